The fraction of sp³-hybridized carbons (Fsp3) is 0.381. The number of hydrogen-bond acceptors (Lipinski definition) is 3. The molecule has 2 atom stereocenters. The molecule has 1 aliphatic rings. The van der Waals surface area contributed by atoms with E-state index < -0.39 is 0 Å². The van der Waals surface area contributed by atoms with Crippen LogP contribution in [-0.4, -0.2) is 43.0 Å². The summed E-state index contributed by atoms with van der Waals surface area (Å²) in [6.07, 6.45) is 0. The van der Waals surface area contributed by atoms with E-state index in [0.29, 0.717) is 0 Å². The van der Waals surface area contributed by atoms with Crippen LogP contribution in [0.4, 0.5) is 10.1 Å². The van der Waals surface area contributed by atoms with E-state index in [4.69, 9.17) is 0 Å². The van der Waals surface area contributed by atoms with E-state index in [0.717, 1.165) is 31.7 Å². The van der Waals surface area contributed by atoms with E-state index in [9.17, 15) is 9.18 Å². The van der Waals surface area contributed by atoms with Crippen LogP contribution < -0.4 is 10.2 Å². The average Bonchev–Trinajstić information content (AvgIpc) is 2.68. The van der Waals surface area contributed by atoms with Crippen LogP contribution in [0.15, 0.2) is 54.6 Å². The van der Waals surface area contributed by atoms with Gasteiger partial charge in [-0.15, -0.1) is 0 Å². The summed E-state index contributed by atoms with van der Waals surface area (Å²) in [7, 11) is 0. The average molecular weight is 355 g/mol. The number of hydrogen-bond donors (Lipinski definition) is 1. The molecule has 1 amide bonds. The molecule has 0 unspecified atom stereocenters. The highest BCUT2D eigenvalue weighted by molar-refractivity contribution is 5.81. The van der Waals surface area contributed by atoms with E-state index >= 15 is 0 Å². The molecular weight excluding hydrogens is 329 g/mol. The topological polar surface area (TPSA) is 35.6 Å². The SMILES string of the molecule is C[C@@H](NC(=O)[C@H](C)N1CCN(c2ccccc2)CC1)c1ccc(F)cc1. The van der Waals surface area contributed by atoms with Gasteiger partial charge >= 0.3 is 0 Å². The molecule has 1 saturated heterocycles. The third-order valence-electron chi connectivity index (χ3n) is 5.09. The standard InChI is InChI=1S/C21H26FN3O/c1-16(18-8-10-19(22)11-9-18)23-21(26)17(2)24-12-14-25(15-13-24)20-6-4-3-5-7-20/h3-11,16-17H,12-15H2,1-2H3,(H,23,26)/t16-,17+/m1/s1. The predicted molar refractivity (Wildman–Crippen MR) is 103 cm³/mol. The molecule has 2 aromatic carbocycles. The smallest absolute Gasteiger partial charge is 0.237 e. The Morgan fingerprint density at radius 1 is 0.962 bits per heavy atom. The van der Waals surface area contributed by atoms with Crippen LogP contribution in [0.1, 0.15) is 25.5 Å². The lowest BCUT2D eigenvalue weighted by molar-refractivity contribution is -0.126. The minimum Gasteiger partial charge on any atom is -0.369 e. The van der Waals surface area contributed by atoms with Crippen molar-refractivity contribution in [3.8, 4) is 0 Å². The van der Waals surface area contributed by atoms with E-state index in [-0.39, 0.29) is 23.8 Å². The van der Waals surface area contributed by atoms with Gasteiger partial charge in [0.05, 0.1) is 12.1 Å². The zero-order chi connectivity index (χ0) is 18.5. The van der Waals surface area contributed by atoms with Gasteiger partial charge in [0, 0.05) is 31.9 Å². The van der Waals surface area contributed by atoms with Crippen molar-refractivity contribution in [3.63, 3.8) is 0 Å². The first-order valence-corrected chi connectivity index (χ1v) is 9.14. The summed E-state index contributed by atoms with van der Waals surface area (Å²) < 4.78 is 13.0. The Kier molecular flexibility index (Phi) is 5.89. The number of piperazine rings is 1. The van der Waals surface area contributed by atoms with Crippen molar-refractivity contribution in [2.45, 2.75) is 25.9 Å². The molecular formula is C21H26FN3O. The summed E-state index contributed by atoms with van der Waals surface area (Å²) in [4.78, 5) is 17.2. The third kappa shape index (κ3) is 4.41. The van der Waals surface area contributed by atoms with Crippen molar-refractivity contribution in [1.82, 2.24) is 10.2 Å². The molecule has 0 saturated carbocycles. The van der Waals surface area contributed by atoms with Crippen LogP contribution >= 0.6 is 0 Å². The summed E-state index contributed by atoms with van der Waals surface area (Å²) in [5, 5.41) is 3.04. The molecule has 1 fully saturated rings. The van der Waals surface area contributed by atoms with Gasteiger partial charge in [-0.25, -0.2) is 4.39 Å². The molecule has 0 aliphatic carbocycles. The van der Waals surface area contributed by atoms with E-state index in [2.05, 4.69) is 39.4 Å². The number of nitrogens with zero attached hydrogens (tertiary/aromatic N) is 2. The van der Waals surface area contributed by atoms with Crippen molar-refractivity contribution >= 4 is 11.6 Å². The van der Waals surface area contributed by atoms with Gasteiger partial charge in [0.25, 0.3) is 0 Å². The second-order valence-electron chi connectivity index (χ2n) is 6.82. The number of amides is 1. The van der Waals surface area contributed by atoms with Gasteiger partial charge in [-0.3, -0.25) is 9.69 Å². The van der Waals surface area contributed by atoms with Gasteiger partial charge in [0.1, 0.15) is 5.82 Å². The lowest BCUT2D eigenvalue weighted by Gasteiger charge is -2.38. The Hall–Kier alpha value is -2.40. The van der Waals surface area contributed by atoms with E-state index in [1.807, 2.05) is 19.9 Å². The molecule has 0 spiro atoms. The Morgan fingerprint density at radius 3 is 2.19 bits per heavy atom. The molecule has 26 heavy (non-hydrogen) atoms. The van der Waals surface area contributed by atoms with Crippen molar-refractivity contribution in [2.24, 2.45) is 0 Å². The van der Waals surface area contributed by atoms with Gasteiger partial charge < -0.3 is 10.2 Å². The third-order valence-corrected chi connectivity index (χ3v) is 5.09. The zero-order valence-corrected chi connectivity index (χ0v) is 15.4. The number of para-hydroxylation sites is 1. The number of carbonyl (C=O) groups is 1. The van der Waals surface area contributed by atoms with Crippen LogP contribution in [0.5, 0.6) is 0 Å². The largest absolute Gasteiger partial charge is 0.369 e. The van der Waals surface area contributed by atoms with Crippen molar-refractivity contribution in [1.29, 1.82) is 0 Å². The predicted octanol–water partition coefficient (Wildman–Crippen LogP) is 3.21. The molecule has 1 N–H and O–H groups in total. The fourth-order valence-corrected chi connectivity index (χ4v) is 3.34. The zero-order valence-electron chi connectivity index (χ0n) is 15.4. The maximum absolute atomic E-state index is 13.0. The van der Waals surface area contributed by atoms with Crippen molar-refractivity contribution in [3.05, 3.63) is 66.0 Å². The summed E-state index contributed by atoms with van der Waals surface area (Å²) in [6, 6.07) is 16.3. The highest BCUT2D eigenvalue weighted by Gasteiger charge is 2.26. The van der Waals surface area contributed by atoms with Gasteiger partial charge in [0.15, 0.2) is 0 Å². The maximum atomic E-state index is 13.0. The molecule has 5 heteroatoms. The second kappa shape index (κ2) is 8.32. The normalized spacial score (nSPS) is 17.6. The molecule has 1 aliphatic heterocycles. The van der Waals surface area contributed by atoms with Gasteiger partial charge in [-0.1, -0.05) is 30.3 Å². The van der Waals surface area contributed by atoms with Crippen LogP contribution in [0.3, 0.4) is 0 Å². The molecule has 2 aromatic rings. The molecule has 0 radical (unpaired) electrons. The molecule has 0 bridgehead atoms. The Balaban J connectivity index is 1.52. The van der Waals surface area contributed by atoms with Crippen molar-refractivity contribution < 1.29 is 9.18 Å². The first-order valence-electron chi connectivity index (χ1n) is 9.14. The van der Waals surface area contributed by atoms with Crippen LogP contribution in [-0.2, 0) is 4.79 Å². The number of halogens is 1. The summed E-state index contributed by atoms with van der Waals surface area (Å²) in [6.45, 7) is 7.41. The minimum absolute atomic E-state index is 0.00925. The lowest BCUT2D eigenvalue weighted by Crippen LogP contribution is -2.54. The molecule has 0 aromatic heterocycles. The lowest BCUT2D eigenvalue weighted by atomic mass is 10.1. The minimum atomic E-state index is -0.267. The van der Waals surface area contributed by atoms with E-state index in [1.165, 1.54) is 17.8 Å². The quantitative estimate of drug-likeness (QED) is 0.895. The molecule has 1 heterocycles. The van der Waals surface area contributed by atoms with E-state index in [1.54, 1.807) is 12.1 Å². The van der Waals surface area contributed by atoms with Crippen LogP contribution in [0, 0.1) is 5.82 Å². The summed E-state index contributed by atoms with van der Waals surface area (Å²) >= 11 is 0. The number of nitrogens with one attached hydrogen (secondary N) is 1. The molecule has 3 rings (SSSR count). The number of carbonyl (C=O) groups excluding carboxylic acids is 1. The number of benzene rings is 2. The number of rotatable bonds is 5. The summed E-state index contributed by atoms with van der Waals surface area (Å²) in [5.41, 5.74) is 2.13. The van der Waals surface area contributed by atoms with Gasteiger partial charge in [-0.05, 0) is 43.7 Å². The second-order valence-corrected chi connectivity index (χ2v) is 6.82. The van der Waals surface area contributed by atoms with Crippen LogP contribution in [0.25, 0.3) is 0 Å². The molecule has 4 nitrogen and oxygen atoms in total. The highest BCUT2D eigenvalue weighted by atomic mass is 19.1. The Bertz CT molecular complexity index is 712. The molecule has 138 valence electrons. The highest BCUT2D eigenvalue weighted by Crippen LogP contribution is 2.17. The Morgan fingerprint density at radius 2 is 1.58 bits per heavy atom. The monoisotopic (exact) mass is 355 g/mol. The van der Waals surface area contributed by atoms with Gasteiger partial charge in [0.2, 0.25) is 5.91 Å². The maximum Gasteiger partial charge on any atom is 0.237 e. The summed E-state index contributed by atoms with van der Waals surface area (Å²) in [5.74, 6) is -0.257. The van der Waals surface area contributed by atoms with Crippen LogP contribution in [0.2, 0.25) is 0 Å². The first kappa shape index (κ1) is 18.4. The number of anilines is 1. The van der Waals surface area contributed by atoms with Crippen molar-refractivity contribution in [2.75, 3.05) is 31.1 Å². The Labute approximate surface area is 154 Å². The first-order chi connectivity index (χ1) is 12.5. The van der Waals surface area contributed by atoms with Gasteiger partial charge in [-0.2, -0.15) is 0 Å². The fourth-order valence-electron chi connectivity index (χ4n) is 3.34.